The maximum atomic E-state index is 12.9. The summed E-state index contributed by atoms with van der Waals surface area (Å²) in [5, 5.41) is 2.73. The second kappa shape index (κ2) is 9.52. The molecule has 0 aromatic heterocycles. The van der Waals surface area contributed by atoms with Crippen molar-refractivity contribution >= 4 is 23.5 Å². The average molecular weight is 428 g/mol. The van der Waals surface area contributed by atoms with Crippen LogP contribution in [0.15, 0.2) is 72.3 Å². The topological polar surface area (TPSA) is 64.6 Å². The zero-order valence-corrected chi connectivity index (χ0v) is 18.2. The number of benzene rings is 3. The summed E-state index contributed by atoms with van der Waals surface area (Å²) in [5.41, 5.74) is 5.27. The van der Waals surface area contributed by atoms with Crippen molar-refractivity contribution in [3.63, 3.8) is 0 Å². The molecule has 0 saturated heterocycles. The molecule has 5 nitrogen and oxygen atoms in total. The van der Waals surface area contributed by atoms with Gasteiger partial charge < -0.3 is 14.8 Å². The minimum absolute atomic E-state index is 0.0970. The monoisotopic (exact) mass is 427 g/mol. The van der Waals surface area contributed by atoms with Gasteiger partial charge in [0.05, 0.1) is 7.11 Å². The first-order chi connectivity index (χ1) is 15.5. The Balaban J connectivity index is 1.51. The number of carbonyl (C=O) groups is 2. The van der Waals surface area contributed by atoms with Crippen molar-refractivity contribution in [3.8, 4) is 11.5 Å². The van der Waals surface area contributed by atoms with E-state index in [1.165, 1.54) is 6.92 Å². The number of ether oxygens (including phenoxy) is 2. The third kappa shape index (κ3) is 4.89. The van der Waals surface area contributed by atoms with Crippen LogP contribution >= 0.6 is 0 Å². The first-order valence-electron chi connectivity index (χ1n) is 10.5. The number of hydrogen-bond donors (Lipinski definition) is 1. The Morgan fingerprint density at radius 2 is 1.81 bits per heavy atom. The predicted molar refractivity (Wildman–Crippen MR) is 125 cm³/mol. The van der Waals surface area contributed by atoms with Gasteiger partial charge in [0, 0.05) is 29.3 Å². The van der Waals surface area contributed by atoms with Crippen LogP contribution in [0.4, 0.5) is 5.69 Å². The van der Waals surface area contributed by atoms with Crippen molar-refractivity contribution < 1.29 is 19.1 Å². The summed E-state index contributed by atoms with van der Waals surface area (Å²) in [6.45, 7) is 1.79. The van der Waals surface area contributed by atoms with Gasteiger partial charge in [0.2, 0.25) is 5.91 Å². The molecule has 0 saturated carbocycles. The van der Waals surface area contributed by atoms with E-state index < -0.39 is 0 Å². The molecule has 0 unspecified atom stereocenters. The molecule has 4 rings (SSSR count). The molecule has 0 fully saturated rings. The van der Waals surface area contributed by atoms with E-state index in [0.717, 1.165) is 52.1 Å². The molecule has 1 aliphatic rings. The van der Waals surface area contributed by atoms with Crippen LogP contribution in [0.1, 0.15) is 40.4 Å². The Kier molecular flexibility index (Phi) is 6.36. The third-order valence-electron chi connectivity index (χ3n) is 5.43. The van der Waals surface area contributed by atoms with Crippen molar-refractivity contribution in [2.75, 3.05) is 12.4 Å². The molecule has 0 atom stereocenters. The molecule has 0 bridgehead atoms. The van der Waals surface area contributed by atoms with Crippen LogP contribution in [-0.2, 0) is 17.8 Å². The Hall–Kier alpha value is -3.86. The van der Waals surface area contributed by atoms with Gasteiger partial charge in [-0.1, -0.05) is 30.3 Å². The van der Waals surface area contributed by atoms with E-state index >= 15 is 0 Å². The quantitative estimate of drug-likeness (QED) is 0.532. The number of ketones is 1. The van der Waals surface area contributed by atoms with Gasteiger partial charge in [-0.3, -0.25) is 9.59 Å². The number of anilines is 1. The van der Waals surface area contributed by atoms with Gasteiger partial charge >= 0.3 is 0 Å². The standard InChI is InChI=1S/C27H25NO4/c1-18(29)28-23-10-12-24(13-11-23)32-17-22-16-19(7-14-26(22)31-2)15-21-9-8-20-5-3-4-6-25(20)27(21)30/h3-7,10-16H,8-9,17H2,1-2H3,(H,28,29)/b21-15-. The first kappa shape index (κ1) is 21.4. The minimum atomic E-state index is -0.116. The summed E-state index contributed by atoms with van der Waals surface area (Å²) in [5.74, 6) is 1.39. The number of aryl methyl sites for hydroxylation is 1. The number of fused-ring (bicyclic) bond motifs is 1. The van der Waals surface area contributed by atoms with E-state index in [1.807, 2.05) is 60.7 Å². The van der Waals surface area contributed by atoms with Crippen LogP contribution in [0.2, 0.25) is 0 Å². The van der Waals surface area contributed by atoms with Crippen molar-refractivity contribution in [1.82, 2.24) is 0 Å². The van der Waals surface area contributed by atoms with Gasteiger partial charge in [-0.15, -0.1) is 0 Å². The lowest BCUT2D eigenvalue weighted by Crippen LogP contribution is -2.13. The zero-order valence-electron chi connectivity index (χ0n) is 18.2. The smallest absolute Gasteiger partial charge is 0.221 e. The molecule has 0 aliphatic heterocycles. The summed E-state index contributed by atoms with van der Waals surface area (Å²) < 4.78 is 11.4. The van der Waals surface area contributed by atoms with E-state index in [-0.39, 0.29) is 11.7 Å². The van der Waals surface area contributed by atoms with Crippen LogP contribution in [0.3, 0.4) is 0 Å². The SMILES string of the molecule is COc1ccc(/C=C2/CCc3ccccc3C2=O)cc1COc1ccc(NC(C)=O)cc1. The maximum absolute atomic E-state index is 12.9. The summed E-state index contributed by atoms with van der Waals surface area (Å²) in [4.78, 5) is 24.0. The van der Waals surface area contributed by atoms with Crippen LogP contribution < -0.4 is 14.8 Å². The predicted octanol–water partition coefficient (Wildman–Crippen LogP) is 5.45. The Labute approximate surface area is 187 Å². The summed E-state index contributed by atoms with van der Waals surface area (Å²) in [6, 6.07) is 20.8. The van der Waals surface area contributed by atoms with Crippen molar-refractivity contribution in [2.24, 2.45) is 0 Å². The van der Waals surface area contributed by atoms with Crippen LogP contribution in [-0.4, -0.2) is 18.8 Å². The number of Topliss-reactive ketones (excluding diaryl/α,β-unsaturated/α-hetero) is 1. The molecule has 1 N–H and O–H groups in total. The van der Waals surface area contributed by atoms with Crippen LogP contribution in [0.5, 0.6) is 11.5 Å². The molecule has 162 valence electrons. The van der Waals surface area contributed by atoms with E-state index in [0.29, 0.717) is 12.4 Å². The molecule has 3 aromatic carbocycles. The van der Waals surface area contributed by atoms with Gasteiger partial charge in [0.1, 0.15) is 18.1 Å². The maximum Gasteiger partial charge on any atom is 0.221 e. The Bertz CT molecular complexity index is 1180. The lowest BCUT2D eigenvalue weighted by molar-refractivity contribution is -0.114. The first-order valence-corrected chi connectivity index (χ1v) is 10.5. The zero-order chi connectivity index (χ0) is 22.5. The number of amides is 1. The second-order valence-corrected chi connectivity index (χ2v) is 7.72. The number of hydrogen-bond acceptors (Lipinski definition) is 4. The molecule has 1 amide bonds. The fourth-order valence-corrected chi connectivity index (χ4v) is 3.85. The van der Waals surface area contributed by atoms with Gasteiger partial charge in [0.15, 0.2) is 5.78 Å². The normalized spacial score (nSPS) is 14.1. The summed E-state index contributed by atoms with van der Waals surface area (Å²) in [6.07, 6.45) is 3.56. The van der Waals surface area contributed by atoms with E-state index in [1.54, 1.807) is 19.2 Å². The van der Waals surface area contributed by atoms with Crippen molar-refractivity contribution in [1.29, 1.82) is 0 Å². The highest BCUT2D eigenvalue weighted by atomic mass is 16.5. The molecule has 5 heteroatoms. The molecule has 32 heavy (non-hydrogen) atoms. The molecular formula is C27H25NO4. The van der Waals surface area contributed by atoms with Gasteiger partial charge in [-0.05, 0) is 66.4 Å². The molecule has 0 radical (unpaired) electrons. The fourth-order valence-electron chi connectivity index (χ4n) is 3.85. The second-order valence-electron chi connectivity index (χ2n) is 7.72. The highest BCUT2D eigenvalue weighted by Crippen LogP contribution is 2.28. The number of nitrogens with one attached hydrogen (secondary N) is 1. The molecular weight excluding hydrogens is 402 g/mol. The van der Waals surface area contributed by atoms with E-state index in [4.69, 9.17) is 9.47 Å². The Morgan fingerprint density at radius 1 is 1.03 bits per heavy atom. The van der Waals surface area contributed by atoms with Gasteiger partial charge in [-0.25, -0.2) is 0 Å². The summed E-state index contributed by atoms with van der Waals surface area (Å²) >= 11 is 0. The average Bonchev–Trinajstić information content (AvgIpc) is 2.80. The van der Waals surface area contributed by atoms with Gasteiger partial charge in [0.25, 0.3) is 0 Å². The number of rotatable bonds is 6. The largest absolute Gasteiger partial charge is 0.496 e. The highest BCUT2D eigenvalue weighted by molar-refractivity contribution is 6.13. The lowest BCUT2D eigenvalue weighted by atomic mass is 9.86. The lowest BCUT2D eigenvalue weighted by Gasteiger charge is -2.17. The Morgan fingerprint density at radius 3 is 2.56 bits per heavy atom. The minimum Gasteiger partial charge on any atom is -0.496 e. The number of methoxy groups -OCH3 is 1. The van der Waals surface area contributed by atoms with Crippen molar-refractivity contribution in [3.05, 3.63) is 94.6 Å². The van der Waals surface area contributed by atoms with Crippen LogP contribution in [0.25, 0.3) is 6.08 Å². The fraction of sp³-hybridized carbons (Fsp3) is 0.185. The highest BCUT2D eigenvalue weighted by Gasteiger charge is 2.21. The molecule has 0 spiro atoms. The number of carbonyl (C=O) groups excluding carboxylic acids is 2. The van der Waals surface area contributed by atoms with Crippen molar-refractivity contribution in [2.45, 2.75) is 26.4 Å². The molecule has 3 aromatic rings. The van der Waals surface area contributed by atoms with E-state index in [9.17, 15) is 9.59 Å². The van der Waals surface area contributed by atoms with E-state index in [2.05, 4.69) is 5.32 Å². The summed E-state index contributed by atoms with van der Waals surface area (Å²) in [7, 11) is 1.63. The van der Waals surface area contributed by atoms with Gasteiger partial charge in [-0.2, -0.15) is 0 Å². The van der Waals surface area contributed by atoms with Crippen LogP contribution in [0, 0.1) is 0 Å². The number of allylic oxidation sites excluding steroid dienone is 1. The molecule has 1 aliphatic carbocycles. The molecule has 0 heterocycles. The third-order valence-corrected chi connectivity index (χ3v) is 5.43.